The Hall–Kier alpha value is -1.87. The van der Waals surface area contributed by atoms with Gasteiger partial charge in [0.25, 0.3) is 0 Å². The average molecular weight is 330 g/mol. The van der Waals surface area contributed by atoms with Gasteiger partial charge < -0.3 is 14.4 Å². The summed E-state index contributed by atoms with van der Waals surface area (Å²) in [5, 5.41) is 11.0. The van der Waals surface area contributed by atoms with Gasteiger partial charge >= 0.3 is 0 Å². The lowest BCUT2D eigenvalue weighted by molar-refractivity contribution is -0.169. The number of aromatic nitrogens is 1. The van der Waals surface area contributed by atoms with Crippen LogP contribution < -0.4 is 4.90 Å². The van der Waals surface area contributed by atoms with E-state index in [1.54, 1.807) is 6.20 Å². The summed E-state index contributed by atoms with van der Waals surface area (Å²) in [5.41, 5.74) is 2.33. The van der Waals surface area contributed by atoms with Crippen molar-refractivity contribution in [3.63, 3.8) is 0 Å². The first-order valence-electron chi connectivity index (χ1n) is 7.72. The molecule has 1 spiro atoms. The van der Waals surface area contributed by atoms with Crippen molar-refractivity contribution in [1.82, 2.24) is 4.98 Å². The van der Waals surface area contributed by atoms with Crippen molar-refractivity contribution in [2.75, 3.05) is 31.2 Å². The molecule has 5 nitrogen and oxygen atoms in total. The van der Waals surface area contributed by atoms with Crippen LogP contribution in [-0.2, 0) is 9.47 Å². The van der Waals surface area contributed by atoms with Crippen LogP contribution in [0.3, 0.4) is 0 Å². The zero-order chi connectivity index (χ0) is 15.9. The van der Waals surface area contributed by atoms with E-state index in [0.29, 0.717) is 23.8 Å². The highest BCUT2D eigenvalue weighted by molar-refractivity contribution is 6.31. The molecule has 2 saturated heterocycles. The number of nitriles is 1. The Balaban J connectivity index is 1.73. The third kappa shape index (κ3) is 2.53. The topological polar surface area (TPSA) is 58.4 Å². The van der Waals surface area contributed by atoms with E-state index in [1.165, 1.54) is 0 Å². The van der Waals surface area contributed by atoms with Crippen molar-refractivity contribution in [3.8, 4) is 6.07 Å². The minimum absolute atomic E-state index is 0.427. The highest BCUT2D eigenvalue weighted by Gasteiger charge is 2.40. The lowest BCUT2D eigenvalue weighted by Gasteiger charge is -2.39. The molecule has 1 aromatic carbocycles. The van der Waals surface area contributed by atoms with Crippen LogP contribution in [0.4, 0.5) is 5.69 Å². The number of piperidine rings is 1. The molecule has 0 saturated carbocycles. The Bertz CT molecular complexity index is 786. The molecule has 2 aliphatic heterocycles. The highest BCUT2D eigenvalue weighted by Crippen LogP contribution is 2.37. The maximum atomic E-state index is 9.48. The fraction of sp³-hybridized carbons (Fsp3) is 0.412. The quantitative estimate of drug-likeness (QED) is 0.804. The Morgan fingerprint density at radius 2 is 1.96 bits per heavy atom. The fourth-order valence-electron chi connectivity index (χ4n) is 3.43. The number of halogens is 1. The van der Waals surface area contributed by atoms with Gasteiger partial charge in [-0.1, -0.05) is 11.6 Å². The number of benzene rings is 1. The summed E-state index contributed by atoms with van der Waals surface area (Å²) in [6.45, 7) is 2.88. The Labute approximate surface area is 139 Å². The molecular formula is C17H16ClN3O2. The van der Waals surface area contributed by atoms with Gasteiger partial charge in [-0.3, -0.25) is 4.98 Å². The molecule has 2 aromatic rings. The highest BCUT2D eigenvalue weighted by atomic mass is 35.5. The first-order chi connectivity index (χ1) is 11.2. The molecule has 4 rings (SSSR count). The van der Waals surface area contributed by atoms with Gasteiger partial charge in [0.1, 0.15) is 6.07 Å². The normalized spacial score (nSPS) is 20.1. The molecule has 1 aromatic heterocycles. The molecule has 0 bridgehead atoms. The number of ether oxygens (including phenoxy) is 2. The van der Waals surface area contributed by atoms with E-state index in [9.17, 15) is 5.26 Å². The molecule has 2 fully saturated rings. The second-order valence-corrected chi connectivity index (χ2v) is 6.32. The predicted octanol–water partition coefficient (Wildman–Crippen LogP) is 3.10. The standard InChI is InChI=1S/C17H16ClN3O2/c18-13-1-2-15-14(9-13)16(12(10-19)11-20-15)21-5-3-17(4-6-21)22-7-8-23-17/h1-2,9,11H,3-8H2. The number of fused-ring (bicyclic) bond motifs is 1. The molecule has 118 valence electrons. The summed E-state index contributed by atoms with van der Waals surface area (Å²) in [7, 11) is 0. The maximum Gasteiger partial charge on any atom is 0.171 e. The number of hydrogen-bond acceptors (Lipinski definition) is 5. The van der Waals surface area contributed by atoms with E-state index in [4.69, 9.17) is 21.1 Å². The van der Waals surface area contributed by atoms with E-state index in [2.05, 4.69) is 16.0 Å². The number of hydrogen-bond donors (Lipinski definition) is 0. The Kier molecular flexibility index (Phi) is 3.61. The summed E-state index contributed by atoms with van der Waals surface area (Å²) >= 11 is 6.15. The molecule has 0 aliphatic carbocycles. The molecule has 23 heavy (non-hydrogen) atoms. The summed E-state index contributed by atoms with van der Waals surface area (Å²) in [4.78, 5) is 6.58. The van der Waals surface area contributed by atoms with Gasteiger partial charge in [0.2, 0.25) is 0 Å². The van der Waals surface area contributed by atoms with Crippen molar-refractivity contribution in [3.05, 3.63) is 35.0 Å². The number of nitrogens with zero attached hydrogens (tertiary/aromatic N) is 3. The SMILES string of the molecule is N#Cc1cnc2ccc(Cl)cc2c1N1CCC2(CC1)OCCO2. The van der Waals surface area contributed by atoms with Crippen LogP contribution in [0.2, 0.25) is 5.02 Å². The molecule has 0 unspecified atom stereocenters. The summed E-state index contributed by atoms with van der Waals surface area (Å²) in [6, 6.07) is 7.84. The van der Waals surface area contributed by atoms with Gasteiger partial charge in [-0.2, -0.15) is 5.26 Å². The third-order valence-electron chi connectivity index (χ3n) is 4.58. The number of anilines is 1. The van der Waals surface area contributed by atoms with E-state index < -0.39 is 5.79 Å². The molecule has 0 radical (unpaired) electrons. The minimum Gasteiger partial charge on any atom is -0.369 e. The number of rotatable bonds is 1. The first kappa shape index (κ1) is 14.7. The smallest absolute Gasteiger partial charge is 0.171 e. The largest absolute Gasteiger partial charge is 0.369 e. The van der Waals surface area contributed by atoms with Crippen LogP contribution in [-0.4, -0.2) is 37.1 Å². The molecule has 0 amide bonds. The number of pyridine rings is 1. The monoisotopic (exact) mass is 329 g/mol. The molecule has 0 atom stereocenters. The maximum absolute atomic E-state index is 9.48. The Morgan fingerprint density at radius 1 is 1.22 bits per heavy atom. The van der Waals surface area contributed by atoms with Gasteiger partial charge in [-0.25, -0.2) is 0 Å². The predicted molar refractivity (Wildman–Crippen MR) is 87.6 cm³/mol. The zero-order valence-electron chi connectivity index (χ0n) is 12.6. The third-order valence-corrected chi connectivity index (χ3v) is 4.81. The Morgan fingerprint density at radius 3 is 2.65 bits per heavy atom. The minimum atomic E-state index is -0.427. The van der Waals surface area contributed by atoms with Crippen molar-refractivity contribution >= 4 is 28.2 Å². The van der Waals surface area contributed by atoms with Gasteiger partial charge in [-0.15, -0.1) is 0 Å². The summed E-state index contributed by atoms with van der Waals surface area (Å²) < 4.78 is 11.6. The first-order valence-corrected chi connectivity index (χ1v) is 8.10. The summed E-state index contributed by atoms with van der Waals surface area (Å²) in [6.07, 6.45) is 3.23. The van der Waals surface area contributed by atoms with Crippen LogP contribution in [0.5, 0.6) is 0 Å². The van der Waals surface area contributed by atoms with Crippen molar-refractivity contribution in [2.45, 2.75) is 18.6 Å². The molecule has 0 N–H and O–H groups in total. The van der Waals surface area contributed by atoms with Gasteiger partial charge in [0.15, 0.2) is 5.79 Å². The second-order valence-electron chi connectivity index (χ2n) is 5.89. The molecule has 3 heterocycles. The summed E-state index contributed by atoms with van der Waals surface area (Å²) in [5.74, 6) is -0.427. The van der Waals surface area contributed by atoms with E-state index in [-0.39, 0.29) is 0 Å². The van der Waals surface area contributed by atoms with Crippen LogP contribution in [0.15, 0.2) is 24.4 Å². The van der Waals surface area contributed by atoms with Gasteiger partial charge in [-0.05, 0) is 18.2 Å². The molecular weight excluding hydrogens is 314 g/mol. The second kappa shape index (κ2) is 5.64. The molecule has 2 aliphatic rings. The van der Waals surface area contributed by atoms with Crippen LogP contribution in [0.1, 0.15) is 18.4 Å². The fourth-order valence-corrected chi connectivity index (χ4v) is 3.60. The average Bonchev–Trinajstić information content (AvgIpc) is 3.03. The lowest BCUT2D eigenvalue weighted by Crippen LogP contribution is -2.45. The van der Waals surface area contributed by atoms with Crippen LogP contribution in [0.25, 0.3) is 10.9 Å². The van der Waals surface area contributed by atoms with Crippen LogP contribution in [0, 0.1) is 11.3 Å². The lowest BCUT2D eigenvalue weighted by atomic mass is 10.0. The zero-order valence-corrected chi connectivity index (χ0v) is 13.3. The van der Waals surface area contributed by atoms with Crippen molar-refractivity contribution < 1.29 is 9.47 Å². The van der Waals surface area contributed by atoms with Crippen LogP contribution >= 0.6 is 11.6 Å². The van der Waals surface area contributed by atoms with E-state index in [1.807, 2.05) is 18.2 Å². The van der Waals surface area contributed by atoms with Crippen molar-refractivity contribution in [2.24, 2.45) is 0 Å². The van der Waals surface area contributed by atoms with Crippen molar-refractivity contribution in [1.29, 1.82) is 5.26 Å². The van der Waals surface area contributed by atoms with E-state index >= 15 is 0 Å². The van der Waals surface area contributed by atoms with Gasteiger partial charge in [0.05, 0.1) is 30.0 Å². The van der Waals surface area contributed by atoms with E-state index in [0.717, 1.165) is 42.5 Å². The van der Waals surface area contributed by atoms with Gasteiger partial charge in [0, 0.05) is 42.5 Å². The molecule has 6 heteroatoms.